The van der Waals surface area contributed by atoms with E-state index < -0.39 is 11.5 Å². The van der Waals surface area contributed by atoms with Crippen LogP contribution in [0.15, 0.2) is 24.3 Å². The molecule has 0 saturated carbocycles. The highest BCUT2D eigenvalue weighted by Crippen LogP contribution is 2.28. The van der Waals surface area contributed by atoms with Crippen LogP contribution in [0.1, 0.15) is 23.2 Å². The van der Waals surface area contributed by atoms with Gasteiger partial charge < -0.3 is 5.32 Å². The first-order valence-electron chi connectivity index (χ1n) is 5.32. The van der Waals surface area contributed by atoms with Gasteiger partial charge in [-0.2, -0.15) is 0 Å². The van der Waals surface area contributed by atoms with Gasteiger partial charge in [-0.05, 0) is 25.2 Å². The Labute approximate surface area is 98.8 Å². The van der Waals surface area contributed by atoms with Gasteiger partial charge in [-0.1, -0.05) is 23.7 Å². The molecule has 1 heterocycles. The molecule has 86 valence electrons. The number of hydrogen-bond donors (Lipinski definition) is 1. The second-order valence-electron chi connectivity index (χ2n) is 4.05. The maximum Gasteiger partial charge on any atom is 0.200 e. The van der Waals surface area contributed by atoms with Crippen molar-refractivity contribution in [3.8, 4) is 0 Å². The third kappa shape index (κ3) is 2.25. The molecule has 1 aromatic rings. The highest BCUT2D eigenvalue weighted by Gasteiger charge is 2.39. The van der Waals surface area contributed by atoms with E-state index in [1.807, 2.05) is 0 Å². The molecule has 0 spiro atoms. The van der Waals surface area contributed by atoms with Crippen LogP contribution in [0.4, 0.5) is 4.39 Å². The van der Waals surface area contributed by atoms with Crippen molar-refractivity contribution in [3.63, 3.8) is 0 Å². The molecule has 2 rings (SSSR count). The second-order valence-corrected chi connectivity index (χ2v) is 4.49. The molecule has 0 radical (unpaired) electrons. The van der Waals surface area contributed by atoms with Gasteiger partial charge in [-0.25, -0.2) is 4.39 Å². The summed E-state index contributed by atoms with van der Waals surface area (Å²) in [7, 11) is 0. The Balaban J connectivity index is 2.24. The van der Waals surface area contributed by atoms with E-state index >= 15 is 0 Å². The average Bonchev–Trinajstić information content (AvgIpc) is 2.29. The molecule has 1 N–H and O–H groups in total. The molecule has 0 unspecified atom stereocenters. The lowest BCUT2D eigenvalue weighted by Crippen LogP contribution is -2.44. The van der Waals surface area contributed by atoms with Gasteiger partial charge in [-0.3, -0.25) is 4.79 Å². The highest BCUT2D eigenvalue weighted by atomic mass is 35.5. The first kappa shape index (κ1) is 11.6. The average molecular weight is 242 g/mol. The number of carbonyl (C=O) groups excluding carboxylic acids is 1. The quantitative estimate of drug-likeness (QED) is 0.807. The Morgan fingerprint density at radius 1 is 1.38 bits per heavy atom. The Kier molecular flexibility index (Phi) is 3.26. The van der Waals surface area contributed by atoms with Gasteiger partial charge in [0.15, 0.2) is 11.5 Å². The van der Waals surface area contributed by atoms with E-state index in [9.17, 15) is 9.18 Å². The lowest BCUT2D eigenvalue weighted by molar-refractivity contribution is 0.0592. The van der Waals surface area contributed by atoms with Crippen molar-refractivity contribution in [1.82, 2.24) is 5.32 Å². The summed E-state index contributed by atoms with van der Waals surface area (Å²) in [5.41, 5.74) is -1.37. The SMILES string of the molecule is O=C(c1cccc(Cl)c1)C1(F)CCNCC1. The number of ketones is 1. The molecule has 0 aromatic heterocycles. The Morgan fingerprint density at radius 3 is 2.69 bits per heavy atom. The van der Waals surface area contributed by atoms with E-state index in [1.54, 1.807) is 18.2 Å². The van der Waals surface area contributed by atoms with Crippen LogP contribution < -0.4 is 5.32 Å². The Morgan fingerprint density at radius 2 is 2.06 bits per heavy atom. The smallest absolute Gasteiger partial charge is 0.200 e. The van der Waals surface area contributed by atoms with Crippen LogP contribution in [0, 0.1) is 0 Å². The van der Waals surface area contributed by atoms with Gasteiger partial charge >= 0.3 is 0 Å². The summed E-state index contributed by atoms with van der Waals surface area (Å²) in [6.07, 6.45) is 0.469. The molecule has 2 nitrogen and oxygen atoms in total. The number of halogens is 2. The molecule has 0 bridgehead atoms. The first-order valence-corrected chi connectivity index (χ1v) is 5.70. The van der Waals surface area contributed by atoms with Gasteiger partial charge in [-0.15, -0.1) is 0 Å². The van der Waals surface area contributed by atoms with E-state index in [0.29, 0.717) is 23.7 Å². The number of carbonyl (C=O) groups is 1. The minimum atomic E-state index is -1.73. The summed E-state index contributed by atoms with van der Waals surface area (Å²) in [4.78, 5) is 12.0. The number of piperidine rings is 1. The number of Topliss-reactive ketones (excluding diaryl/α,β-unsaturated/α-hetero) is 1. The van der Waals surface area contributed by atoms with Crippen LogP contribution in [-0.2, 0) is 0 Å². The van der Waals surface area contributed by atoms with Crippen molar-refractivity contribution < 1.29 is 9.18 Å². The topological polar surface area (TPSA) is 29.1 Å². The fraction of sp³-hybridized carbons (Fsp3) is 0.417. The maximum atomic E-state index is 14.4. The fourth-order valence-corrected chi connectivity index (χ4v) is 2.13. The van der Waals surface area contributed by atoms with Gasteiger partial charge in [0.25, 0.3) is 0 Å². The zero-order chi connectivity index (χ0) is 11.6. The van der Waals surface area contributed by atoms with Crippen molar-refractivity contribution >= 4 is 17.4 Å². The van der Waals surface area contributed by atoms with Gasteiger partial charge in [0, 0.05) is 23.4 Å². The van der Waals surface area contributed by atoms with Crippen molar-refractivity contribution in [2.24, 2.45) is 0 Å². The normalized spacial score (nSPS) is 19.4. The van der Waals surface area contributed by atoms with Crippen LogP contribution in [-0.4, -0.2) is 24.5 Å². The molecule has 0 aliphatic carbocycles. The molecule has 1 saturated heterocycles. The minimum absolute atomic E-state index is 0.234. The van der Waals surface area contributed by atoms with E-state index in [2.05, 4.69) is 5.32 Å². The van der Waals surface area contributed by atoms with Gasteiger partial charge in [0.2, 0.25) is 0 Å². The molecule has 0 atom stereocenters. The summed E-state index contributed by atoms with van der Waals surface area (Å²) in [6.45, 7) is 1.09. The summed E-state index contributed by atoms with van der Waals surface area (Å²) >= 11 is 5.79. The van der Waals surface area contributed by atoms with Gasteiger partial charge in [0.1, 0.15) is 0 Å². The maximum absolute atomic E-state index is 14.4. The molecule has 0 amide bonds. The fourth-order valence-electron chi connectivity index (χ4n) is 1.94. The molecular weight excluding hydrogens is 229 g/mol. The summed E-state index contributed by atoms with van der Waals surface area (Å²) < 4.78 is 14.4. The van der Waals surface area contributed by atoms with E-state index in [-0.39, 0.29) is 12.8 Å². The van der Waals surface area contributed by atoms with Crippen molar-refractivity contribution in [1.29, 1.82) is 0 Å². The monoisotopic (exact) mass is 241 g/mol. The third-order valence-corrected chi connectivity index (χ3v) is 3.12. The summed E-state index contributed by atoms with van der Waals surface area (Å²) in [6, 6.07) is 6.47. The van der Waals surface area contributed by atoms with E-state index in [4.69, 9.17) is 11.6 Å². The van der Waals surface area contributed by atoms with Crippen LogP contribution in [0.25, 0.3) is 0 Å². The largest absolute Gasteiger partial charge is 0.316 e. The van der Waals surface area contributed by atoms with Crippen LogP contribution in [0.2, 0.25) is 5.02 Å². The number of hydrogen-bond acceptors (Lipinski definition) is 2. The molecular formula is C12H13ClFNO. The molecule has 4 heteroatoms. The van der Waals surface area contributed by atoms with Crippen molar-refractivity contribution in [2.75, 3.05) is 13.1 Å². The summed E-state index contributed by atoms with van der Waals surface area (Å²) in [5, 5.41) is 3.50. The zero-order valence-electron chi connectivity index (χ0n) is 8.80. The summed E-state index contributed by atoms with van der Waals surface area (Å²) in [5.74, 6) is -0.448. The van der Waals surface area contributed by atoms with Crippen LogP contribution in [0.3, 0.4) is 0 Å². The van der Waals surface area contributed by atoms with E-state index in [1.165, 1.54) is 6.07 Å². The number of nitrogens with one attached hydrogen (secondary N) is 1. The number of rotatable bonds is 2. The lowest BCUT2D eigenvalue weighted by atomic mass is 9.86. The predicted molar refractivity (Wildman–Crippen MR) is 61.7 cm³/mol. The first-order chi connectivity index (χ1) is 7.62. The molecule has 16 heavy (non-hydrogen) atoms. The molecule has 1 aromatic carbocycles. The van der Waals surface area contributed by atoms with E-state index in [0.717, 1.165) is 0 Å². The number of benzene rings is 1. The molecule has 1 aliphatic heterocycles. The lowest BCUT2D eigenvalue weighted by Gasteiger charge is -2.28. The van der Waals surface area contributed by atoms with Crippen LogP contribution >= 0.6 is 11.6 Å². The highest BCUT2D eigenvalue weighted by molar-refractivity contribution is 6.31. The van der Waals surface area contributed by atoms with Crippen molar-refractivity contribution in [2.45, 2.75) is 18.5 Å². The van der Waals surface area contributed by atoms with Crippen LogP contribution in [0.5, 0.6) is 0 Å². The second kappa shape index (κ2) is 4.52. The number of alkyl halides is 1. The zero-order valence-corrected chi connectivity index (χ0v) is 9.56. The predicted octanol–water partition coefficient (Wildman–Crippen LogP) is 2.61. The van der Waals surface area contributed by atoms with Gasteiger partial charge in [0.05, 0.1) is 0 Å². The molecule has 1 fully saturated rings. The third-order valence-electron chi connectivity index (χ3n) is 2.89. The minimum Gasteiger partial charge on any atom is -0.316 e. The molecule has 1 aliphatic rings. The Hall–Kier alpha value is -0.930. The standard InChI is InChI=1S/C12H13ClFNO/c13-10-3-1-2-9(8-10)11(16)12(14)4-6-15-7-5-12/h1-3,8,15H,4-7H2. The van der Waals surface area contributed by atoms with Crippen molar-refractivity contribution in [3.05, 3.63) is 34.9 Å². The Bertz CT molecular complexity index is 402.